The summed E-state index contributed by atoms with van der Waals surface area (Å²) in [7, 11) is 1.71. The lowest BCUT2D eigenvalue weighted by Gasteiger charge is -2.13. The van der Waals surface area contributed by atoms with Gasteiger partial charge >= 0.3 is 0 Å². The zero-order valence-corrected chi connectivity index (χ0v) is 8.30. The molecule has 4 heteroatoms. The monoisotopic (exact) mass is 179 g/mol. The predicted molar refractivity (Wildman–Crippen MR) is 49.5 cm³/mol. The van der Waals surface area contributed by atoms with E-state index < -0.39 is 0 Å². The summed E-state index contributed by atoms with van der Waals surface area (Å²) in [5.41, 5.74) is 0.171. The third-order valence-corrected chi connectivity index (χ3v) is 1.63. The van der Waals surface area contributed by atoms with E-state index in [1.807, 2.05) is 26.8 Å². The van der Waals surface area contributed by atoms with E-state index in [4.69, 9.17) is 9.68 Å². The zero-order valence-electron chi connectivity index (χ0n) is 8.30. The highest BCUT2D eigenvalue weighted by molar-refractivity contribution is 5.35. The number of hydrogen-bond donors (Lipinski definition) is 1. The first-order valence-electron chi connectivity index (χ1n) is 4.08. The molecule has 1 aromatic heterocycles. The maximum absolute atomic E-state index is 8.79. The Morgan fingerprint density at radius 1 is 1.46 bits per heavy atom. The fourth-order valence-corrected chi connectivity index (χ4v) is 1.01. The van der Waals surface area contributed by atoms with E-state index in [9.17, 15) is 0 Å². The Morgan fingerprint density at radius 2 is 2.08 bits per heavy atom. The highest BCUT2D eigenvalue weighted by Crippen LogP contribution is 2.27. The number of anilines is 1. The van der Waals surface area contributed by atoms with Crippen molar-refractivity contribution < 1.29 is 4.42 Å². The van der Waals surface area contributed by atoms with Crippen molar-refractivity contribution in [1.29, 1.82) is 5.26 Å². The van der Waals surface area contributed by atoms with E-state index in [0.29, 0.717) is 17.5 Å². The largest absolute Gasteiger partial charge is 0.427 e. The van der Waals surface area contributed by atoms with Crippen LogP contribution in [0.2, 0.25) is 0 Å². The number of nitrogens with one attached hydrogen (secondary N) is 1. The molecule has 0 aliphatic rings. The number of nitriles is 1. The van der Waals surface area contributed by atoms with Crippen molar-refractivity contribution in [2.45, 2.75) is 26.2 Å². The van der Waals surface area contributed by atoms with Crippen LogP contribution in [0.15, 0.2) is 4.42 Å². The molecule has 1 aromatic rings. The molecule has 1 N–H and O–H groups in total. The second-order valence-corrected chi connectivity index (χ2v) is 3.81. The van der Waals surface area contributed by atoms with Crippen LogP contribution in [-0.2, 0) is 5.41 Å². The molecule has 0 bridgehead atoms. The molecular weight excluding hydrogens is 166 g/mol. The average molecular weight is 179 g/mol. The van der Waals surface area contributed by atoms with Crippen LogP contribution in [0.3, 0.4) is 0 Å². The third kappa shape index (κ3) is 1.81. The summed E-state index contributed by atoms with van der Waals surface area (Å²) >= 11 is 0. The molecule has 0 aromatic carbocycles. The molecule has 0 saturated carbocycles. The van der Waals surface area contributed by atoms with Crippen LogP contribution in [-0.4, -0.2) is 12.0 Å². The maximum atomic E-state index is 8.79. The number of oxazole rings is 1. The smallest absolute Gasteiger partial charge is 0.295 e. The molecule has 1 heterocycles. The summed E-state index contributed by atoms with van der Waals surface area (Å²) in [6.07, 6.45) is 0. The van der Waals surface area contributed by atoms with Gasteiger partial charge in [-0.1, -0.05) is 20.8 Å². The second-order valence-electron chi connectivity index (χ2n) is 3.81. The molecule has 13 heavy (non-hydrogen) atoms. The van der Waals surface area contributed by atoms with E-state index in [1.54, 1.807) is 7.05 Å². The van der Waals surface area contributed by atoms with Crippen LogP contribution in [0.25, 0.3) is 0 Å². The summed E-state index contributed by atoms with van der Waals surface area (Å²) in [5.74, 6) is 0.624. The SMILES string of the molecule is CNc1nc(C#N)c(C(C)(C)C)o1. The van der Waals surface area contributed by atoms with Gasteiger partial charge in [-0.2, -0.15) is 10.2 Å². The van der Waals surface area contributed by atoms with Gasteiger partial charge in [0, 0.05) is 12.5 Å². The van der Waals surface area contributed by atoms with Crippen molar-refractivity contribution >= 4 is 6.01 Å². The van der Waals surface area contributed by atoms with Crippen LogP contribution in [0.5, 0.6) is 0 Å². The first kappa shape index (κ1) is 9.59. The number of aromatic nitrogens is 1. The van der Waals surface area contributed by atoms with Gasteiger partial charge < -0.3 is 9.73 Å². The molecule has 0 aliphatic heterocycles. The van der Waals surface area contributed by atoms with Gasteiger partial charge in [-0.3, -0.25) is 0 Å². The maximum Gasteiger partial charge on any atom is 0.295 e. The molecule has 0 radical (unpaired) electrons. The summed E-state index contributed by atoms with van der Waals surface area (Å²) < 4.78 is 5.37. The summed E-state index contributed by atoms with van der Waals surface area (Å²) in [6, 6.07) is 2.40. The van der Waals surface area contributed by atoms with E-state index in [-0.39, 0.29) is 5.41 Å². The average Bonchev–Trinajstić information content (AvgIpc) is 2.46. The normalized spacial score (nSPS) is 11.0. The van der Waals surface area contributed by atoms with E-state index in [2.05, 4.69) is 10.3 Å². The predicted octanol–water partition coefficient (Wildman–Crippen LogP) is 1.89. The van der Waals surface area contributed by atoms with E-state index >= 15 is 0 Å². The van der Waals surface area contributed by atoms with Crippen molar-refractivity contribution in [3.63, 3.8) is 0 Å². The van der Waals surface area contributed by atoms with Gasteiger partial charge in [-0.05, 0) is 0 Å². The molecule has 0 unspecified atom stereocenters. The lowest BCUT2D eigenvalue weighted by atomic mass is 9.92. The highest BCUT2D eigenvalue weighted by Gasteiger charge is 2.24. The number of hydrogen-bond acceptors (Lipinski definition) is 4. The van der Waals surface area contributed by atoms with Crippen LogP contribution >= 0.6 is 0 Å². The number of nitrogens with zero attached hydrogens (tertiary/aromatic N) is 2. The second kappa shape index (κ2) is 3.09. The van der Waals surface area contributed by atoms with Crippen molar-refractivity contribution in [3.8, 4) is 6.07 Å². The Labute approximate surface area is 77.6 Å². The standard InChI is InChI=1S/C9H13N3O/c1-9(2,3)7-6(5-10)12-8(11-4)13-7/h1-4H3,(H,11,12). The Bertz CT molecular complexity index is 341. The van der Waals surface area contributed by atoms with Crippen LogP contribution in [0.1, 0.15) is 32.2 Å². The van der Waals surface area contributed by atoms with Crippen molar-refractivity contribution in [2.24, 2.45) is 0 Å². The quantitative estimate of drug-likeness (QED) is 0.715. The first-order chi connectivity index (χ1) is 5.99. The van der Waals surface area contributed by atoms with Crippen molar-refractivity contribution in [1.82, 2.24) is 4.98 Å². The van der Waals surface area contributed by atoms with Gasteiger partial charge in [0.25, 0.3) is 6.01 Å². The highest BCUT2D eigenvalue weighted by atomic mass is 16.4. The van der Waals surface area contributed by atoms with Gasteiger partial charge in [-0.25, -0.2) is 0 Å². The minimum absolute atomic E-state index is 0.187. The molecule has 0 spiro atoms. The Balaban J connectivity index is 3.21. The van der Waals surface area contributed by atoms with Crippen LogP contribution < -0.4 is 5.32 Å². The van der Waals surface area contributed by atoms with Gasteiger partial charge in [0.1, 0.15) is 11.8 Å². The topological polar surface area (TPSA) is 61.9 Å². The Kier molecular flexibility index (Phi) is 2.28. The third-order valence-electron chi connectivity index (χ3n) is 1.63. The Morgan fingerprint density at radius 3 is 2.38 bits per heavy atom. The van der Waals surface area contributed by atoms with E-state index in [1.165, 1.54) is 0 Å². The zero-order chi connectivity index (χ0) is 10.1. The van der Waals surface area contributed by atoms with Gasteiger partial charge in [-0.15, -0.1) is 0 Å². The molecule has 4 nitrogen and oxygen atoms in total. The van der Waals surface area contributed by atoms with Gasteiger partial charge in [0.05, 0.1) is 0 Å². The molecule has 1 rings (SSSR count). The summed E-state index contributed by atoms with van der Waals surface area (Å²) in [4.78, 5) is 3.97. The number of rotatable bonds is 1. The first-order valence-corrected chi connectivity index (χ1v) is 4.08. The van der Waals surface area contributed by atoms with Gasteiger partial charge in [0.15, 0.2) is 5.69 Å². The van der Waals surface area contributed by atoms with Crippen molar-refractivity contribution in [3.05, 3.63) is 11.5 Å². The van der Waals surface area contributed by atoms with Crippen LogP contribution in [0.4, 0.5) is 6.01 Å². The van der Waals surface area contributed by atoms with Gasteiger partial charge in [0.2, 0.25) is 0 Å². The molecule has 0 aliphatic carbocycles. The molecule has 0 amide bonds. The Hall–Kier alpha value is -1.50. The van der Waals surface area contributed by atoms with Crippen molar-refractivity contribution in [2.75, 3.05) is 12.4 Å². The summed E-state index contributed by atoms with van der Waals surface area (Å²) in [6.45, 7) is 5.94. The minimum Gasteiger partial charge on any atom is -0.427 e. The summed E-state index contributed by atoms with van der Waals surface area (Å²) in [5, 5.41) is 11.6. The van der Waals surface area contributed by atoms with E-state index in [0.717, 1.165) is 0 Å². The molecule has 0 saturated heterocycles. The molecule has 70 valence electrons. The molecule has 0 fully saturated rings. The lowest BCUT2D eigenvalue weighted by Crippen LogP contribution is -2.11. The fraction of sp³-hybridized carbons (Fsp3) is 0.556. The van der Waals surface area contributed by atoms with Crippen LogP contribution in [0, 0.1) is 11.3 Å². The molecule has 0 atom stereocenters. The molecular formula is C9H13N3O. The lowest BCUT2D eigenvalue weighted by molar-refractivity contribution is 0.415. The fourth-order valence-electron chi connectivity index (χ4n) is 1.01. The minimum atomic E-state index is -0.187.